The Morgan fingerprint density at radius 2 is 1.73 bits per heavy atom. The van der Waals surface area contributed by atoms with Crippen LogP contribution < -0.4 is 0 Å². The Bertz CT molecular complexity index is 1090. The molecule has 0 radical (unpaired) electrons. The molecule has 1 amide bonds. The van der Waals surface area contributed by atoms with E-state index in [0.717, 1.165) is 22.3 Å². The average molecular weight is 477 g/mol. The smallest absolute Gasteiger partial charge is 0.309 e. The molecule has 0 spiro atoms. The topological polar surface area (TPSA) is 97.1 Å². The van der Waals surface area contributed by atoms with Gasteiger partial charge in [0.05, 0.1) is 23.6 Å². The van der Waals surface area contributed by atoms with E-state index in [1.807, 2.05) is 33.8 Å². The van der Waals surface area contributed by atoms with Crippen LogP contribution in [0, 0.1) is 33.6 Å². The Kier molecular flexibility index (Phi) is 7.64. The summed E-state index contributed by atoms with van der Waals surface area (Å²) >= 11 is 0. The normalized spacial score (nSPS) is 15.4. The zero-order chi connectivity index (χ0) is 24.3. The van der Waals surface area contributed by atoms with Crippen molar-refractivity contribution in [2.75, 3.05) is 26.7 Å². The lowest BCUT2D eigenvalue weighted by atomic mass is 9.98. The van der Waals surface area contributed by atoms with Crippen molar-refractivity contribution in [1.82, 2.24) is 9.21 Å². The molecule has 0 aliphatic carbocycles. The first kappa shape index (κ1) is 25.0. The maximum Gasteiger partial charge on any atom is 0.309 e. The van der Waals surface area contributed by atoms with E-state index in [-0.39, 0.29) is 32.1 Å². The molecule has 2 heterocycles. The summed E-state index contributed by atoms with van der Waals surface area (Å²) in [6.45, 7) is 7.90. The molecule has 0 N–H and O–H groups in total. The lowest BCUT2D eigenvalue weighted by Gasteiger charge is -2.31. The minimum Gasteiger partial charge on any atom is -0.467 e. The van der Waals surface area contributed by atoms with Crippen molar-refractivity contribution >= 4 is 21.9 Å². The Labute approximate surface area is 195 Å². The molecule has 8 nitrogen and oxygen atoms in total. The molecule has 0 bridgehead atoms. The summed E-state index contributed by atoms with van der Waals surface area (Å²) in [5.74, 6) is -0.591. The van der Waals surface area contributed by atoms with Crippen LogP contribution in [0.4, 0.5) is 0 Å². The number of rotatable bonds is 7. The number of hydrogen-bond acceptors (Lipinski definition) is 6. The van der Waals surface area contributed by atoms with Crippen LogP contribution in [0.2, 0.25) is 0 Å². The van der Waals surface area contributed by atoms with Gasteiger partial charge in [0.15, 0.2) is 6.61 Å². The molecular weight excluding hydrogens is 444 g/mol. The first-order valence-corrected chi connectivity index (χ1v) is 12.5. The number of carbonyl (C=O) groups is 2. The third-order valence-corrected chi connectivity index (χ3v) is 8.59. The van der Waals surface area contributed by atoms with E-state index < -0.39 is 21.9 Å². The van der Waals surface area contributed by atoms with Crippen LogP contribution in [0.3, 0.4) is 0 Å². The van der Waals surface area contributed by atoms with Crippen molar-refractivity contribution in [3.63, 3.8) is 0 Å². The maximum atomic E-state index is 13.4. The minimum absolute atomic E-state index is 0.236. The second-order valence-corrected chi connectivity index (χ2v) is 10.6. The third-order valence-electron chi connectivity index (χ3n) is 6.42. The second kappa shape index (κ2) is 10.1. The van der Waals surface area contributed by atoms with Crippen molar-refractivity contribution < 1.29 is 27.2 Å². The van der Waals surface area contributed by atoms with Crippen LogP contribution >= 0.6 is 0 Å². The van der Waals surface area contributed by atoms with Crippen LogP contribution in [0.5, 0.6) is 0 Å². The van der Waals surface area contributed by atoms with E-state index in [1.165, 1.54) is 15.5 Å². The molecule has 1 saturated heterocycles. The van der Waals surface area contributed by atoms with Gasteiger partial charge in [-0.3, -0.25) is 9.59 Å². The molecule has 0 unspecified atom stereocenters. The van der Waals surface area contributed by atoms with Gasteiger partial charge in [0.25, 0.3) is 5.91 Å². The lowest BCUT2D eigenvalue weighted by Crippen LogP contribution is -2.41. The molecular formula is C24H32N2O6S. The summed E-state index contributed by atoms with van der Waals surface area (Å²) < 4.78 is 38.7. The Hall–Kier alpha value is -2.65. The largest absolute Gasteiger partial charge is 0.467 e. The van der Waals surface area contributed by atoms with Gasteiger partial charge in [-0.2, -0.15) is 4.31 Å². The van der Waals surface area contributed by atoms with Crippen molar-refractivity contribution in [3.05, 3.63) is 52.5 Å². The summed E-state index contributed by atoms with van der Waals surface area (Å²) in [7, 11) is -2.06. The number of aryl methyl sites for hydroxylation is 2. The monoisotopic (exact) mass is 476 g/mol. The van der Waals surface area contributed by atoms with Gasteiger partial charge in [0.2, 0.25) is 10.0 Å². The molecule has 1 aliphatic heterocycles. The van der Waals surface area contributed by atoms with Gasteiger partial charge in [0.1, 0.15) is 5.76 Å². The highest BCUT2D eigenvalue weighted by Crippen LogP contribution is 2.31. The number of hydrogen-bond donors (Lipinski definition) is 0. The highest BCUT2D eigenvalue weighted by atomic mass is 32.2. The first-order valence-electron chi connectivity index (χ1n) is 11.0. The van der Waals surface area contributed by atoms with E-state index in [0.29, 0.717) is 23.5 Å². The number of sulfonamides is 1. The fourth-order valence-corrected chi connectivity index (χ4v) is 6.16. The van der Waals surface area contributed by atoms with Crippen molar-refractivity contribution in [1.29, 1.82) is 0 Å². The molecule has 33 heavy (non-hydrogen) atoms. The number of carbonyl (C=O) groups excluding carboxylic acids is 2. The number of benzene rings is 1. The van der Waals surface area contributed by atoms with Crippen LogP contribution in [0.15, 0.2) is 33.8 Å². The fraction of sp³-hybridized carbons (Fsp3) is 0.500. The van der Waals surface area contributed by atoms with Gasteiger partial charge >= 0.3 is 5.97 Å². The molecule has 2 aromatic rings. The minimum atomic E-state index is -3.67. The van der Waals surface area contributed by atoms with Crippen molar-refractivity contribution in [2.45, 2.75) is 52.0 Å². The van der Waals surface area contributed by atoms with Crippen molar-refractivity contribution in [3.8, 4) is 0 Å². The predicted molar refractivity (Wildman–Crippen MR) is 123 cm³/mol. The number of nitrogens with zero attached hydrogens (tertiary/aromatic N) is 2. The molecule has 9 heteroatoms. The van der Waals surface area contributed by atoms with Gasteiger partial charge < -0.3 is 14.1 Å². The number of furan rings is 1. The molecule has 1 aromatic carbocycles. The second-order valence-electron chi connectivity index (χ2n) is 8.70. The molecule has 180 valence electrons. The molecule has 1 aliphatic rings. The predicted octanol–water partition coefficient (Wildman–Crippen LogP) is 3.12. The summed E-state index contributed by atoms with van der Waals surface area (Å²) in [5.41, 5.74) is 3.40. The number of piperidine rings is 1. The number of likely N-dealkylation sites (N-methyl/N-ethyl adjacent to an activating group) is 1. The highest BCUT2D eigenvalue weighted by Gasteiger charge is 2.35. The Morgan fingerprint density at radius 3 is 2.27 bits per heavy atom. The van der Waals surface area contributed by atoms with E-state index in [4.69, 9.17) is 9.15 Å². The highest BCUT2D eigenvalue weighted by molar-refractivity contribution is 7.89. The molecule has 3 rings (SSSR count). The number of ether oxygens (including phenoxy) is 1. The van der Waals surface area contributed by atoms with Crippen LogP contribution in [0.1, 0.15) is 40.9 Å². The number of esters is 1. The van der Waals surface area contributed by atoms with E-state index in [2.05, 4.69) is 0 Å². The summed E-state index contributed by atoms with van der Waals surface area (Å²) in [5, 5.41) is 0. The third kappa shape index (κ3) is 5.47. The maximum absolute atomic E-state index is 13.4. The molecule has 1 aromatic heterocycles. The van der Waals surface area contributed by atoms with Gasteiger partial charge in [-0.05, 0) is 74.9 Å². The fourth-order valence-electron chi connectivity index (χ4n) is 4.11. The standard InChI is InChI=1S/C24H32N2O6S/c1-16-13-17(2)19(4)23(18(16)3)33(29,30)26-10-8-20(9-11-26)24(28)32-15-22(27)25(5)14-21-7-6-12-31-21/h6-7,12-13,20H,8-11,14-15H2,1-5H3. The molecule has 0 saturated carbocycles. The summed E-state index contributed by atoms with van der Waals surface area (Å²) in [4.78, 5) is 26.5. The quantitative estimate of drug-likeness (QED) is 0.570. The molecule has 0 atom stereocenters. The van der Waals surface area contributed by atoms with Crippen LogP contribution in [-0.2, 0) is 30.9 Å². The first-order chi connectivity index (χ1) is 15.5. The van der Waals surface area contributed by atoms with Gasteiger partial charge in [-0.1, -0.05) is 6.07 Å². The zero-order valence-corrected chi connectivity index (χ0v) is 20.7. The van der Waals surface area contributed by atoms with Crippen molar-refractivity contribution in [2.24, 2.45) is 5.92 Å². The van der Waals surface area contributed by atoms with Crippen LogP contribution in [0.25, 0.3) is 0 Å². The van der Waals surface area contributed by atoms with Gasteiger partial charge in [0, 0.05) is 20.1 Å². The van der Waals surface area contributed by atoms with Gasteiger partial charge in [-0.25, -0.2) is 8.42 Å². The zero-order valence-electron chi connectivity index (χ0n) is 19.9. The van der Waals surface area contributed by atoms with E-state index in [1.54, 1.807) is 19.2 Å². The SMILES string of the molecule is Cc1cc(C)c(C)c(S(=O)(=O)N2CCC(C(=O)OCC(=O)N(C)Cc3ccco3)CC2)c1C. The summed E-state index contributed by atoms with van der Waals surface area (Å²) in [6.07, 6.45) is 2.25. The number of amides is 1. The van der Waals surface area contributed by atoms with E-state index >= 15 is 0 Å². The summed E-state index contributed by atoms with van der Waals surface area (Å²) in [6, 6.07) is 5.50. The lowest BCUT2D eigenvalue weighted by molar-refractivity contribution is -0.156. The molecule has 1 fully saturated rings. The Balaban J connectivity index is 1.56. The van der Waals surface area contributed by atoms with Crippen LogP contribution in [-0.4, -0.2) is 56.2 Å². The van der Waals surface area contributed by atoms with Gasteiger partial charge in [-0.15, -0.1) is 0 Å². The Morgan fingerprint density at radius 1 is 1.12 bits per heavy atom. The van der Waals surface area contributed by atoms with E-state index in [9.17, 15) is 18.0 Å². The average Bonchev–Trinajstić information content (AvgIpc) is 3.29.